The summed E-state index contributed by atoms with van der Waals surface area (Å²) in [5.74, 6) is 0. The number of nitrogens with one attached hydrogen (secondary N) is 1. The summed E-state index contributed by atoms with van der Waals surface area (Å²) >= 11 is 0. The Kier molecular flexibility index (Phi) is 3.76. The van der Waals surface area contributed by atoms with Crippen molar-refractivity contribution in [3.63, 3.8) is 0 Å². The molecule has 1 aromatic heterocycles. The molecule has 1 aromatic carbocycles. The first-order chi connectivity index (χ1) is 9.78. The second-order valence-electron chi connectivity index (χ2n) is 5.87. The molecule has 1 fully saturated rings. The summed E-state index contributed by atoms with van der Waals surface area (Å²) in [5, 5.41) is 19.1. The fourth-order valence-electron chi connectivity index (χ4n) is 3.56. The molecule has 2 unspecified atom stereocenters. The van der Waals surface area contributed by atoms with Crippen LogP contribution in [0.1, 0.15) is 38.6 Å². The minimum atomic E-state index is -0.134. The summed E-state index contributed by atoms with van der Waals surface area (Å²) in [4.78, 5) is 0. The molecule has 0 aliphatic heterocycles. The van der Waals surface area contributed by atoms with E-state index in [9.17, 15) is 5.11 Å². The van der Waals surface area contributed by atoms with Gasteiger partial charge in [0, 0.05) is 10.9 Å². The van der Waals surface area contributed by atoms with Crippen LogP contribution in [0.3, 0.4) is 0 Å². The Morgan fingerprint density at radius 3 is 3.10 bits per heavy atom. The van der Waals surface area contributed by atoms with Crippen LogP contribution >= 0.6 is 0 Å². The van der Waals surface area contributed by atoms with E-state index >= 15 is 0 Å². The second-order valence-corrected chi connectivity index (χ2v) is 5.87. The summed E-state index contributed by atoms with van der Waals surface area (Å²) in [5.41, 5.74) is 1.06. The number of hydrogen-bond donors (Lipinski definition) is 2. The number of likely N-dealkylation sites (N-methyl/N-ethyl adjacent to an activating group) is 1. The number of benzene rings is 1. The average Bonchev–Trinajstić information content (AvgIpc) is 2.92. The first kappa shape index (κ1) is 13.6. The van der Waals surface area contributed by atoms with Gasteiger partial charge in [-0.05, 0) is 38.3 Å². The topological polar surface area (TPSA) is 50.1 Å². The molecule has 0 bridgehead atoms. The Morgan fingerprint density at radius 2 is 2.30 bits per heavy atom. The molecule has 3 rings (SSSR count). The standard InChI is InChI=1S/C16H23N3O/c1-2-17-16(12-20)9-5-7-14(10-16)19-15-8-4-3-6-13(15)11-18-19/h3-4,6,8,11,14,17,20H,2,5,7,9-10,12H2,1H3. The Bertz CT molecular complexity index is 576. The number of fused-ring (bicyclic) bond motifs is 1. The van der Waals surface area contributed by atoms with Gasteiger partial charge in [-0.3, -0.25) is 4.68 Å². The Hall–Kier alpha value is -1.39. The van der Waals surface area contributed by atoms with Gasteiger partial charge in [0.2, 0.25) is 0 Å². The van der Waals surface area contributed by atoms with E-state index in [1.165, 1.54) is 10.9 Å². The van der Waals surface area contributed by atoms with Gasteiger partial charge >= 0.3 is 0 Å². The van der Waals surface area contributed by atoms with Crippen molar-refractivity contribution in [1.82, 2.24) is 15.1 Å². The highest BCUT2D eigenvalue weighted by Crippen LogP contribution is 2.36. The van der Waals surface area contributed by atoms with Crippen molar-refractivity contribution in [2.45, 2.75) is 44.2 Å². The fourth-order valence-corrected chi connectivity index (χ4v) is 3.56. The van der Waals surface area contributed by atoms with E-state index < -0.39 is 0 Å². The number of aromatic nitrogens is 2. The minimum absolute atomic E-state index is 0.134. The third kappa shape index (κ3) is 2.34. The third-order valence-electron chi connectivity index (χ3n) is 4.52. The zero-order chi connectivity index (χ0) is 14.0. The summed E-state index contributed by atoms with van der Waals surface area (Å²) in [6.45, 7) is 3.20. The molecule has 0 amide bonds. The van der Waals surface area contributed by atoms with Gasteiger partial charge in [-0.15, -0.1) is 0 Å². The molecule has 0 saturated heterocycles. The normalized spacial score (nSPS) is 27.0. The van der Waals surface area contributed by atoms with E-state index in [2.05, 4.69) is 40.2 Å². The molecule has 2 N–H and O–H groups in total. The maximum absolute atomic E-state index is 9.81. The van der Waals surface area contributed by atoms with Gasteiger partial charge < -0.3 is 10.4 Å². The van der Waals surface area contributed by atoms with Gasteiger partial charge in [0.1, 0.15) is 0 Å². The molecule has 1 aliphatic carbocycles. The van der Waals surface area contributed by atoms with Crippen LogP contribution in [0.15, 0.2) is 30.5 Å². The zero-order valence-electron chi connectivity index (χ0n) is 12.0. The van der Waals surface area contributed by atoms with Crippen molar-refractivity contribution in [2.75, 3.05) is 13.2 Å². The van der Waals surface area contributed by atoms with Crippen molar-refractivity contribution >= 4 is 10.9 Å². The molecule has 4 heteroatoms. The smallest absolute Gasteiger partial charge is 0.0685 e. The summed E-state index contributed by atoms with van der Waals surface area (Å²) < 4.78 is 2.15. The lowest BCUT2D eigenvalue weighted by Crippen LogP contribution is -2.51. The molecule has 2 aromatic rings. The van der Waals surface area contributed by atoms with Crippen LogP contribution in [0.25, 0.3) is 10.9 Å². The summed E-state index contributed by atoms with van der Waals surface area (Å²) in [6.07, 6.45) is 6.21. The highest BCUT2D eigenvalue weighted by atomic mass is 16.3. The molecule has 1 saturated carbocycles. The SMILES string of the molecule is CCNC1(CO)CCCC(n2ncc3ccccc32)C1. The summed E-state index contributed by atoms with van der Waals surface area (Å²) in [7, 11) is 0. The highest BCUT2D eigenvalue weighted by Gasteiger charge is 2.36. The molecule has 2 atom stereocenters. The van der Waals surface area contributed by atoms with Gasteiger partial charge in [-0.25, -0.2) is 0 Å². The van der Waals surface area contributed by atoms with Gasteiger partial charge in [0.25, 0.3) is 0 Å². The Morgan fingerprint density at radius 1 is 1.45 bits per heavy atom. The van der Waals surface area contributed by atoms with E-state index in [1.54, 1.807) is 0 Å². The van der Waals surface area contributed by atoms with Crippen molar-refractivity contribution in [3.05, 3.63) is 30.5 Å². The van der Waals surface area contributed by atoms with Gasteiger partial charge in [-0.1, -0.05) is 25.1 Å². The van der Waals surface area contributed by atoms with E-state index in [4.69, 9.17) is 0 Å². The van der Waals surface area contributed by atoms with Crippen LogP contribution in [0.2, 0.25) is 0 Å². The fraction of sp³-hybridized carbons (Fsp3) is 0.562. The highest BCUT2D eigenvalue weighted by molar-refractivity contribution is 5.78. The lowest BCUT2D eigenvalue weighted by atomic mass is 9.79. The third-order valence-corrected chi connectivity index (χ3v) is 4.52. The van der Waals surface area contributed by atoms with Crippen molar-refractivity contribution in [1.29, 1.82) is 0 Å². The van der Waals surface area contributed by atoms with Gasteiger partial charge in [0.15, 0.2) is 0 Å². The van der Waals surface area contributed by atoms with E-state index in [1.807, 2.05) is 12.3 Å². The van der Waals surface area contributed by atoms with Gasteiger partial charge in [0.05, 0.1) is 24.4 Å². The molecule has 0 spiro atoms. The van der Waals surface area contributed by atoms with E-state index in [0.29, 0.717) is 6.04 Å². The van der Waals surface area contributed by atoms with Crippen molar-refractivity contribution in [3.8, 4) is 0 Å². The van der Waals surface area contributed by atoms with Crippen LogP contribution in [-0.2, 0) is 0 Å². The number of aliphatic hydroxyl groups is 1. The lowest BCUT2D eigenvalue weighted by molar-refractivity contribution is 0.0973. The van der Waals surface area contributed by atoms with Crippen LogP contribution in [0, 0.1) is 0 Å². The predicted molar refractivity (Wildman–Crippen MR) is 80.7 cm³/mol. The monoisotopic (exact) mass is 273 g/mol. The molecule has 1 aliphatic rings. The van der Waals surface area contributed by atoms with Crippen molar-refractivity contribution in [2.24, 2.45) is 0 Å². The van der Waals surface area contributed by atoms with Crippen LogP contribution in [-0.4, -0.2) is 33.6 Å². The molecule has 0 radical (unpaired) electrons. The molecular weight excluding hydrogens is 250 g/mol. The Labute approximate surface area is 119 Å². The van der Waals surface area contributed by atoms with E-state index in [0.717, 1.165) is 32.2 Å². The molecular formula is C16H23N3O. The van der Waals surface area contributed by atoms with Crippen LogP contribution in [0.5, 0.6) is 0 Å². The quantitative estimate of drug-likeness (QED) is 0.900. The minimum Gasteiger partial charge on any atom is -0.394 e. The second kappa shape index (κ2) is 5.54. The Balaban J connectivity index is 1.90. The number of aliphatic hydroxyl groups excluding tert-OH is 1. The van der Waals surface area contributed by atoms with Crippen LogP contribution < -0.4 is 5.32 Å². The molecule has 108 valence electrons. The van der Waals surface area contributed by atoms with Crippen LogP contribution in [0.4, 0.5) is 0 Å². The first-order valence-electron chi connectivity index (χ1n) is 7.56. The number of para-hydroxylation sites is 1. The zero-order valence-corrected chi connectivity index (χ0v) is 12.0. The molecule has 4 nitrogen and oxygen atoms in total. The molecule has 1 heterocycles. The largest absolute Gasteiger partial charge is 0.394 e. The van der Waals surface area contributed by atoms with Gasteiger partial charge in [-0.2, -0.15) is 5.10 Å². The summed E-state index contributed by atoms with van der Waals surface area (Å²) in [6, 6.07) is 8.71. The number of rotatable bonds is 4. The number of hydrogen-bond acceptors (Lipinski definition) is 3. The maximum Gasteiger partial charge on any atom is 0.0685 e. The maximum atomic E-state index is 9.81. The van der Waals surface area contributed by atoms with E-state index in [-0.39, 0.29) is 12.1 Å². The number of nitrogens with zero attached hydrogens (tertiary/aromatic N) is 2. The average molecular weight is 273 g/mol. The lowest BCUT2D eigenvalue weighted by Gasteiger charge is -2.40. The molecule has 20 heavy (non-hydrogen) atoms. The van der Waals surface area contributed by atoms with Crippen molar-refractivity contribution < 1.29 is 5.11 Å². The first-order valence-corrected chi connectivity index (χ1v) is 7.56. The predicted octanol–water partition coefficient (Wildman–Crippen LogP) is 2.49.